The van der Waals surface area contributed by atoms with Gasteiger partial charge < -0.3 is 10.1 Å². The van der Waals surface area contributed by atoms with Gasteiger partial charge in [-0.05, 0) is 25.7 Å². The summed E-state index contributed by atoms with van der Waals surface area (Å²) in [7, 11) is 0. The molecule has 82 valence electrons. The molecule has 0 radical (unpaired) electrons. The minimum atomic E-state index is 0.163. The Bertz CT molecular complexity index is 170. The molecule has 0 saturated carbocycles. The first-order chi connectivity index (χ1) is 6.83. The average molecular weight is 311 g/mol. The van der Waals surface area contributed by atoms with E-state index in [0.717, 1.165) is 30.4 Å². The highest BCUT2D eigenvalue weighted by atomic mass is 127. The molecule has 1 N–H and O–H groups in total. The Balaban J connectivity index is 2.03. The molecule has 0 aliphatic carbocycles. The summed E-state index contributed by atoms with van der Waals surface area (Å²) in [5.41, 5.74) is 0. The average Bonchev–Trinajstić information content (AvgIpc) is 2.25. The third-order valence-corrected chi connectivity index (χ3v) is 2.92. The molecule has 1 aliphatic heterocycles. The highest BCUT2D eigenvalue weighted by Gasteiger charge is 2.14. The molecule has 1 atom stereocenters. The number of ether oxygens (including phenoxy) is 1. The van der Waals surface area contributed by atoms with E-state index in [0.29, 0.717) is 12.5 Å². The molecular weight excluding hydrogens is 293 g/mol. The van der Waals surface area contributed by atoms with Gasteiger partial charge in [0.15, 0.2) is 0 Å². The summed E-state index contributed by atoms with van der Waals surface area (Å²) in [4.78, 5) is 11.3. The second kappa shape index (κ2) is 7.45. The van der Waals surface area contributed by atoms with E-state index < -0.39 is 0 Å². The van der Waals surface area contributed by atoms with Crippen LogP contribution in [-0.4, -0.2) is 29.6 Å². The standard InChI is InChI=1S/C10H18INO2/c11-6-7-12-10(13)5-4-9-3-1-2-8-14-9/h9H,1-8H2,(H,12,13). The summed E-state index contributed by atoms with van der Waals surface area (Å²) in [5, 5.41) is 2.87. The van der Waals surface area contributed by atoms with Crippen LogP contribution in [0.3, 0.4) is 0 Å². The summed E-state index contributed by atoms with van der Waals surface area (Å²) < 4.78 is 6.53. The van der Waals surface area contributed by atoms with E-state index in [2.05, 4.69) is 27.9 Å². The van der Waals surface area contributed by atoms with E-state index >= 15 is 0 Å². The van der Waals surface area contributed by atoms with Crippen molar-refractivity contribution < 1.29 is 9.53 Å². The first-order valence-corrected chi connectivity index (χ1v) is 6.79. The lowest BCUT2D eigenvalue weighted by Crippen LogP contribution is -2.27. The van der Waals surface area contributed by atoms with E-state index in [1.54, 1.807) is 0 Å². The number of halogens is 1. The number of hydrogen-bond acceptors (Lipinski definition) is 2. The fourth-order valence-corrected chi connectivity index (χ4v) is 1.87. The summed E-state index contributed by atoms with van der Waals surface area (Å²) in [6.07, 6.45) is 5.38. The highest BCUT2D eigenvalue weighted by molar-refractivity contribution is 14.1. The number of amides is 1. The van der Waals surface area contributed by atoms with Crippen molar-refractivity contribution in [3.63, 3.8) is 0 Å². The SMILES string of the molecule is O=C(CCC1CCCCO1)NCCI. The molecule has 1 saturated heterocycles. The maximum absolute atomic E-state index is 11.3. The Labute approximate surface area is 99.1 Å². The normalized spacial score (nSPS) is 21.9. The molecule has 0 bridgehead atoms. The van der Waals surface area contributed by atoms with Gasteiger partial charge in [0.05, 0.1) is 6.10 Å². The minimum absolute atomic E-state index is 0.163. The lowest BCUT2D eigenvalue weighted by atomic mass is 10.0. The fraction of sp³-hybridized carbons (Fsp3) is 0.900. The topological polar surface area (TPSA) is 38.3 Å². The van der Waals surface area contributed by atoms with Gasteiger partial charge in [-0.25, -0.2) is 0 Å². The third-order valence-electron chi connectivity index (χ3n) is 2.38. The van der Waals surface area contributed by atoms with Crippen molar-refractivity contribution in [1.29, 1.82) is 0 Å². The molecule has 0 aromatic carbocycles. The van der Waals surface area contributed by atoms with Crippen molar-refractivity contribution in [2.75, 3.05) is 17.6 Å². The van der Waals surface area contributed by atoms with E-state index in [-0.39, 0.29) is 5.91 Å². The van der Waals surface area contributed by atoms with Gasteiger partial charge in [0, 0.05) is 24.0 Å². The lowest BCUT2D eigenvalue weighted by Gasteiger charge is -2.22. The predicted octanol–water partition coefficient (Wildman–Crippen LogP) is 1.89. The van der Waals surface area contributed by atoms with Crippen LogP contribution >= 0.6 is 22.6 Å². The molecule has 1 heterocycles. The number of hydrogen-bond donors (Lipinski definition) is 1. The molecule has 0 aromatic rings. The first kappa shape index (κ1) is 12.2. The molecule has 1 unspecified atom stereocenters. The van der Waals surface area contributed by atoms with Gasteiger partial charge in [0.2, 0.25) is 5.91 Å². The zero-order valence-electron chi connectivity index (χ0n) is 8.43. The molecule has 0 spiro atoms. The highest BCUT2D eigenvalue weighted by Crippen LogP contribution is 2.16. The van der Waals surface area contributed by atoms with Crippen LogP contribution in [0.15, 0.2) is 0 Å². The van der Waals surface area contributed by atoms with Gasteiger partial charge in [0.1, 0.15) is 0 Å². The maximum atomic E-state index is 11.3. The van der Waals surface area contributed by atoms with Gasteiger partial charge in [-0.15, -0.1) is 0 Å². The van der Waals surface area contributed by atoms with Crippen LogP contribution < -0.4 is 5.32 Å². The second-order valence-electron chi connectivity index (χ2n) is 3.57. The second-order valence-corrected chi connectivity index (χ2v) is 4.64. The quantitative estimate of drug-likeness (QED) is 0.622. The summed E-state index contributed by atoms with van der Waals surface area (Å²) in [6, 6.07) is 0. The van der Waals surface area contributed by atoms with Crippen LogP contribution in [0.25, 0.3) is 0 Å². The van der Waals surface area contributed by atoms with Gasteiger partial charge in [-0.1, -0.05) is 22.6 Å². The number of carbonyl (C=O) groups is 1. The number of rotatable bonds is 5. The van der Waals surface area contributed by atoms with Gasteiger partial charge >= 0.3 is 0 Å². The lowest BCUT2D eigenvalue weighted by molar-refractivity contribution is -0.122. The van der Waals surface area contributed by atoms with Gasteiger partial charge in [0.25, 0.3) is 0 Å². The molecule has 14 heavy (non-hydrogen) atoms. The molecular formula is C10H18INO2. The molecule has 3 nitrogen and oxygen atoms in total. The van der Waals surface area contributed by atoms with Crippen molar-refractivity contribution in [3.05, 3.63) is 0 Å². The molecule has 1 rings (SSSR count). The van der Waals surface area contributed by atoms with Crippen molar-refractivity contribution in [1.82, 2.24) is 5.32 Å². The van der Waals surface area contributed by atoms with Crippen molar-refractivity contribution in [2.45, 2.75) is 38.2 Å². The van der Waals surface area contributed by atoms with Crippen LogP contribution in [0, 0.1) is 0 Å². The molecule has 1 fully saturated rings. The molecule has 0 aromatic heterocycles. The van der Waals surface area contributed by atoms with Crippen molar-refractivity contribution >= 4 is 28.5 Å². The zero-order valence-corrected chi connectivity index (χ0v) is 10.6. The maximum Gasteiger partial charge on any atom is 0.220 e. The number of carbonyl (C=O) groups excluding carboxylic acids is 1. The molecule has 1 aliphatic rings. The summed E-state index contributed by atoms with van der Waals surface area (Å²) in [5.74, 6) is 0.163. The number of nitrogens with one attached hydrogen (secondary N) is 1. The Morgan fingerprint density at radius 3 is 3.00 bits per heavy atom. The van der Waals surface area contributed by atoms with Crippen LogP contribution in [0.2, 0.25) is 0 Å². The predicted molar refractivity (Wildman–Crippen MR) is 64.7 cm³/mol. The summed E-state index contributed by atoms with van der Waals surface area (Å²) >= 11 is 2.25. The van der Waals surface area contributed by atoms with Crippen LogP contribution in [0.5, 0.6) is 0 Å². The molecule has 4 heteroatoms. The van der Waals surface area contributed by atoms with Gasteiger partial charge in [-0.2, -0.15) is 0 Å². The van der Waals surface area contributed by atoms with Crippen molar-refractivity contribution in [3.8, 4) is 0 Å². The van der Waals surface area contributed by atoms with E-state index in [4.69, 9.17) is 4.74 Å². The fourth-order valence-electron chi connectivity index (χ4n) is 1.60. The Hall–Kier alpha value is 0.160. The van der Waals surface area contributed by atoms with Gasteiger partial charge in [-0.3, -0.25) is 4.79 Å². The molecule has 1 amide bonds. The Morgan fingerprint density at radius 1 is 1.50 bits per heavy atom. The number of alkyl halides is 1. The Kier molecular flexibility index (Phi) is 6.51. The Morgan fingerprint density at radius 2 is 2.36 bits per heavy atom. The van der Waals surface area contributed by atoms with E-state index in [9.17, 15) is 4.79 Å². The summed E-state index contributed by atoms with van der Waals surface area (Å²) in [6.45, 7) is 1.66. The van der Waals surface area contributed by atoms with Crippen LogP contribution in [0.4, 0.5) is 0 Å². The third kappa shape index (κ3) is 5.14. The van der Waals surface area contributed by atoms with E-state index in [1.165, 1.54) is 12.8 Å². The monoisotopic (exact) mass is 311 g/mol. The van der Waals surface area contributed by atoms with E-state index in [1.807, 2.05) is 0 Å². The minimum Gasteiger partial charge on any atom is -0.378 e. The van der Waals surface area contributed by atoms with Crippen molar-refractivity contribution in [2.24, 2.45) is 0 Å². The largest absolute Gasteiger partial charge is 0.378 e. The van der Waals surface area contributed by atoms with Crippen LogP contribution in [0.1, 0.15) is 32.1 Å². The smallest absolute Gasteiger partial charge is 0.220 e. The van der Waals surface area contributed by atoms with Crippen LogP contribution in [-0.2, 0) is 9.53 Å². The first-order valence-electron chi connectivity index (χ1n) is 5.27. The zero-order chi connectivity index (χ0) is 10.2.